The van der Waals surface area contributed by atoms with Crippen molar-refractivity contribution in [3.8, 4) is 0 Å². The van der Waals surface area contributed by atoms with Gasteiger partial charge >= 0.3 is 5.97 Å². The van der Waals surface area contributed by atoms with Crippen LogP contribution in [0.15, 0.2) is 6.07 Å². The van der Waals surface area contributed by atoms with Crippen LogP contribution in [0.4, 0.5) is 5.69 Å². The van der Waals surface area contributed by atoms with Crippen molar-refractivity contribution in [1.29, 1.82) is 0 Å². The van der Waals surface area contributed by atoms with Crippen LogP contribution in [0.25, 0.3) is 0 Å². The third-order valence-corrected chi connectivity index (χ3v) is 5.75. The summed E-state index contributed by atoms with van der Waals surface area (Å²) in [5.41, 5.74) is 8.21. The number of hydrogen-bond acceptors (Lipinski definition) is 3. The van der Waals surface area contributed by atoms with Gasteiger partial charge in [0.25, 0.3) is 0 Å². The fourth-order valence-corrected chi connectivity index (χ4v) is 5.59. The SMILES string of the molecule is CCOC(=O)CCCCc1c(I)cc(I)c(N)c1I. The lowest BCUT2D eigenvalue weighted by Crippen LogP contribution is -2.05. The number of benzene rings is 1. The monoisotopic (exact) mass is 599 g/mol. The number of hydrogen-bond donors (Lipinski definition) is 1. The number of esters is 1. The molecule has 0 unspecified atom stereocenters. The predicted octanol–water partition coefficient (Wildman–Crippen LogP) is 4.36. The van der Waals surface area contributed by atoms with E-state index in [1.165, 1.54) is 9.13 Å². The summed E-state index contributed by atoms with van der Waals surface area (Å²) in [6.45, 7) is 2.29. The van der Waals surface area contributed by atoms with Gasteiger partial charge in [-0.3, -0.25) is 4.79 Å². The Kier molecular flexibility index (Phi) is 8.26. The van der Waals surface area contributed by atoms with Gasteiger partial charge in [-0.05, 0) is 106 Å². The Morgan fingerprint density at radius 2 is 1.95 bits per heavy atom. The molecular formula is C13H16I3NO2. The van der Waals surface area contributed by atoms with Crippen molar-refractivity contribution >= 4 is 79.4 Å². The van der Waals surface area contributed by atoms with Crippen LogP contribution in [0, 0.1) is 10.7 Å². The molecule has 0 aliphatic rings. The molecule has 1 rings (SSSR count). The predicted molar refractivity (Wildman–Crippen MR) is 103 cm³/mol. The number of unbranched alkanes of at least 4 members (excludes halogenated alkanes) is 1. The van der Waals surface area contributed by atoms with E-state index in [0.29, 0.717) is 13.0 Å². The van der Waals surface area contributed by atoms with E-state index in [4.69, 9.17) is 10.5 Å². The van der Waals surface area contributed by atoms with E-state index in [1.54, 1.807) is 0 Å². The summed E-state index contributed by atoms with van der Waals surface area (Å²) in [6.07, 6.45) is 3.29. The van der Waals surface area contributed by atoms with Crippen LogP contribution in [0.5, 0.6) is 0 Å². The molecule has 0 atom stereocenters. The maximum atomic E-state index is 11.2. The zero-order valence-corrected chi connectivity index (χ0v) is 17.1. The van der Waals surface area contributed by atoms with Gasteiger partial charge in [-0.25, -0.2) is 0 Å². The number of carbonyl (C=O) groups excluding carboxylic acids is 1. The number of rotatable bonds is 6. The highest BCUT2D eigenvalue weighted by Gasteiger charge is 2.11. The third-order valence-electron chi connectivity index (χ3n) is 2.66. The largest absolute Gasteiger partial charge is 0.466 e. The topological polar surface area (TPSA) is 52.3 Å². The molecule has 0 aromatic heterocycles. The summed E-state index contributed by atoms with van der Waals surface area (Å²) < 4.78 is 8.40. The van der Waals surface area contributed by atoms with Gasteiger partial charge in [0.1, 0.15) is 0 Å². The molecule has 6 heteroatoms. The number of nitrogens with two attached hydrogens (primary N) is 1. The molecule has 0 saturated carbocycles. The van der Waals surface area contributed by atoms with Gasteiger partial charge in [-0.15, -0.1) is 0 Å². The number of nitrogen functional groups attached to an aromatic ring is 1. The van der Waals surface area contributed by atoms with E-state index in [9.17, 15) is 4.79 Å². The highest BCUT2D eigenvalue weighted by molar-refractivity contribution is 14.1. The van der Waals surface area contributed by atoms with Crippen LogP contribution in [-0.2, 0) is 16.0 Å². The quantitative estimate of drug-likeness (QED) is 0.229. The molecule has 0 heterocycles. The maximum Gasteiger partial charge on any atom is 0.305 e. The standard InChI is InChI=1S/C13H16I3NO2/c1-2-19-11(18)6-4-3-5-8-9(14)7-10(15)13(17)12(8)16/h7H,2-6,17H2,1H3. The van der Waals surface area contributed by atoms with E-state index in [-0.39, 0.29) is 5.97 Å². The lowest BCUT2D eigenvalue weighted by atomic mass is 10.1. The first kappa shape index (κ1) is 17.7. The van der Waals surface area contributed by atoms with Crippen molar-refractivity contribution in [3.05, 3.63) is 22.3 Å². The molecule has 0 spiro atoms. The van der Waals surface area contributed by atoms with Crippen LogP contribution in [-0.4, -0.2) is 12.6 Å². The third kappa shape index (κ3) is 5.52. The highest BCUT2D eigenvalue weighted by atomic mass is 127. The van der Waals surface area contributed by atoms with Crippen LogP contribution >= 0.6 is 67.8 Å². The number of halogens is 3. The first-order chi connectivity index (χ1) is 8.97. The molecule has 1 aromatic carbocycles. The second-order valence-corrected chi connectivity index (χ2v) is 7.46. The van der Waals surface area contributed by atoms with Crippen molar-refractivity contribution in [3.63, 3.8) is 0 Å². The second kappa shape index (κ2) is 8.85. The summed E-state index contributed by atoms with van der Waals surface area (Å²) in [4.78, 5) is 11.2. The molecule has 0 bridgehead atoms. The normalized spacial score (nSPS) is 10.5. The van der Waals surface area contributed by atoms with Crippen LogP contribution < -0.4 is 5.73 Å². The lowest BCUT2D eigenvalue weighted by Gasteiger charge is -2.11. The summed E-state index contributed by atoms with van der Waals surface area (Å²) in [6, 6.07) is 2.11. The van der Waals surface area contributed by atoms with Gasteiger partial charge in [-0.2, -0.15) is 0 Å². The number of ether oxygens (including phenoxy) is 1. The van der Waals surface area contributed by atoms with Gasteiger partial charge in [0.05, 0.1) is 12.3 Å². The molecule has 0 aliphatic carbocycles. The Morgan fingerprint density at radius 3 is 2.58 bits per heavy atom. The van der Waals surface area contributed by atoms with Crippen molar-refractivity contribution in [2.75, 3.05) is 12.3 Å². The fourth-order valence-electron chi connectivity index (χ4n) is 1.68. The second-order valence-electron chi connectivity index (χ2n) is 4.06. The van der Waals surface area contributed by atoms with E-state index >= 15 is 0 Å². The first-order valence-electron chi connectivity index (χ1n) is 6.04. The lowest BCUT2D eigenvalue weighted by molar-refractivity contribution is -0.143. The Labute approximate surface area is 154 Å². The average molecular weight is 599 g/mol. The van der Waals surface area contributed by atoms with Crippen molar-refractivity contribution in [1.82, 2.24) is 0 Å². The molecule has 3 nitrogen and oxygen atoms in total. The molecule has 1 aromatic rings. The van der Waals surface area contributed by atoms with E-state index < -0.39 is 0 Å². The molecule has 106 valence electrons. The maximum absolute atomic E-state index is 11.2. The highest BCUT2D eigenvalue weighted by Crippen LogP contribution is 2.30. The Balaban J connectivity index is 2.55. The minimum absolute atomic E-state index is 0.103. The molecular weight excluding hydrogens is 583 g/mol. The Hall–Kier alpha value is 0.680. The Morgan fingerprint density at radius 1 is 1.26 bits per heavy atom. The zero-order valence-electron chi connectivity index (χ0n) is 10.6. The smallest absolute Gasteiger partial charge is 0.305 e. The minimum Gasteiger partial charge on any atom is -0.466 e. The summed E-state index contributed by atoms with van der Waals surface area (Å²) in [5.74, 6) is -0.103. The molecule has 2 N–H and O–H groups in total. The van der Waals surface area contributed by atoms with Gasteiger partial charge < -0.3 is 10.5 Å². The summed E-state index contributed by atoms with van der Waals surface area (Å²) >= 11 is 6.92. The zero-order chi connectivity index (χ0) is 14.4. The minimum atomic E-state index is -0.103. The van der Waals surface area contributed by atoms with Crippen molar-refractivity contribution in [2.24, 2.45) is 0 Å². The molecule has 0 saturated heterocycles. The molecule has 0 fully saturated rings. The van der Waals surface area contributed by atoms with E-state index in [0.717, 1.165) is 32.1 Å². The molecule has 0 radical (unpaired) electrons. The first-order valence-corrected chi connectivity index (χ1v) is 9.28. The fraction of sp³-hybridized carbons (Fsp3) is 0.462. The summed E-state index contributed by atoms with van der Waals surface area (Å²) in [5, 5.41) is 0. The average Bonchev–Trinajstić information content (AvgIpc) is 2.35. The van der Waals surface area contributed by atoms with Gasteiger partial charge in [0.15, 0.2) is 0 Å². The Bertz CT molecular complexity index is 464. The van der Waals surface area contributed by atoms with Crippen molar-refractivity contribution in [2.45, 2.75) is 32.6 Å². The number of carbonyl (C=O) groups is 1. The molecule has 0 amide bonds. The van der Waals surface area contributed by atoms with Gasteiger partial charge in [-0.1, -0.05) is 0 Å². The van der Waals surface area contributed by atoms with Gasteiger partial charge in [0.2, 0.25) is 0 Å². The van der Waals surface area contributed by atoms with Crippen LogP contribution in [0.3, 0.4) is 0 Å². The van der Waals surface area contributed by atoms with E-state index in [2.05, 4.69) is 73.8 Å². The molecule has 19 heavy (non-hydrogen) atoms. The summed E-state index contributed by atoms with van der Waals surface area (Å²) in [7, 11) is 0. The van der Waals surface area contributed by atoms with Crippen LogP contribution in [0.2, 0.25) is 0 Å². The van der Waals surface area contributed by atoms with E-state index in [1.807, 2.05) is 6.92 Å². The van der Waals surface area contributed by atoms with Gasteiger partial charge in [0, 0.05) is 17.1 Å². The van der Waals surface area contributed by atoms with Crippen LogP contribution in [0.1, 0.15) is 31.7 Å². The molecule has 0 aliphatic heterocycles. The number of anilines is 1. The van der Waals surface area contributed by atoms with Crippen molar-refractivity contribution < 1.29 is 9.53 Å².